The number of halogens is 3. The van der Waals surface area contributed by atoms with E-state index < -0.39 is 17.7 Å². The first-order chi connectivity index (χ1) is 8.40. The molecule has 1 aromatic carbocycles. The number of amides is 1. The van der Waals surface area contributed by atoms with Crippen LogP contribution in [0.4, 0.5) is 8.78 Å². The largest absolute Gasteiger partial charge is 0.488 e. The van der Waals surface area contributed by atoms with Crippen molar-refractivity contribution < 1.29 is 18.3 Å². The van der Waals surface area contributed by atoms with E-state index in [1.807, 2.05) is 0 Å². The van der Waals surface area contributed by atoms with Gasteiger partial charge in [0.05, 0.1) is 12.1 Å². The quantitative estimate of drug-likeness (QED) is 0.867. The number of rotatable bonds is 5. The van der Waals surface area contributed by atoms with Crippen LogP contribution >= 0.6 is 12.4 Å². The van der Waals surface area contributed by atoms with Gasteiger partial charge in [0.15, 0.2) is 11.6 Å². The van der Waals surface area contributed by atoms with Crippen LogP contribution < -0.4 is 15.8 Å². The summed E-state index contributed by atoms with van der Waals surface area (Å²) < 4.78 is 31.0. The summed E-state index contributed by atoms with van der Waals surface area (Å²) in [5, 5.41) is 2.59. The van der Waals surface area contributed by atoms with Crippen molar-refractivity contribution in [1.82, 2.24) is 5.32 Å². The summed E-state index contributed by atoms with van der Waals surface area (Å²) in [6, 6.07) is 2.09. The molecule has 108 valence electrons. The molecular formula is C12H17ClF2N2O2. The highest BCUT2D eigenvalue weighted by molar-refractivity contribution is 5.85. The molecule has 0 aliphatic carbocycles. The van der Waals surface area contributed by atoms with Gasteiger partial charge in [0.25, 0.3) is 0 Å². The van der Waals surface area contributed by atoms with E-state index in [9.17, 15) is 13.6 Å². The van der Waals surface area contributed by atoms with Gasteiger partial charge in [0.1, 0.15) is 12.4 Å². The molecule has 0 saturated carbocycles. The molecule has 1 amide bonds. The van der Waals surface area contributed by atoms with Crippen molar-refractivity contribution in [2.45, 2.75) is 25.9 Å². The molecule has 1 unspecified atom stereocenters. The maximum atomic E-state index is 13.2. The number of nitrogens with one attached hydrogen (secondary N) is 1. The molecule has 3 N–H and O–H groups in total. The number of nitrogens with two attached hydrogens (primary N) is 1. The Kier molecular flexibility index (Phi) is 7.33. The van der Waals surface area contributed by atoms with E-state index in [1.54, 1.807) is 13.8 Å². The predicted octanol–water partition coefficient (Wildman–Crippen LogP) is 1.62. The van der Waals surface area contributed by atoms with Gasteiger partial charge in [0.2, 0.25) is 5.91 Å². The zero-order valence-corrected chi connectivity index (χ0v) is 11.5. The SMILES string of the molecule is CC(COc1ccc(F)cc1F)NC(=O)[C@H](C)N.Cl. The summed E-state index contributed by atoms with van der Waals surface area (Å²) >= 11 is 0. The van der Waals surface area contributed by atoms with E-state index in [4.69, 9.17) is 10.5 Å². The minimum atomic E-state index is -0.777. The van der Waals surface area contributed by atoms with E-state index in [1.165, 1.54) is 6.07 Å². The Balaban J connectivity index is 0.00000324. The molecule has 4 nitrogen and oxygen atoms in total. The first kappa shape index (κ1) is 17.6. The van der Waals surface area contributed by atoms with Gasteiger partial charge in [-0.2, -0.15) is 0 Å². The summed E-state index contributed by atoms with van der Waals surface area (Å²) in [6.07, 6.45) is 0. The Labute approximate surface area is 116 Å². The van der Waals surface area contributed by atoms with E-state index >= 15 is 0 Å². The molecule has 0 aliphatic rings. The fourth-order valence-electron chi connectivity index (χ4n) is 1.22. The van der Waals surface area contributed by atoms with Gasteiger partial charge in [-0.05, 0) is 26.0 Å². The molecule has 0 heterocycles. The molecule has 0 spiro atoms. The number of carbonyl (C=O) groups is 1. The van der Waals surface area contributed by atoms with Crippen LogP contribution in [0.25, 0.3) is 0 Å². The molecule has 0 radical (unpaired) electrons. The predicted molar refractivity (Wildman–Crippen MR) is 70.4 cm³/mol. The van der Waals surface area contributed by atoms with Gasteiger partial charge in [0, 0.05) is 6.07 Å². The summed E-state index contributed by atoms with van der Waals surface area (Å²) in [5.41, 5.74) is 5.38. The number of ether oxygens (including phenoxy) is 1. The zero-order valence-electron chi connectivity index (χ0n) is 10.7. The monoisotopic (exact) mass is 294 g/mol. The second-order valence-electron chi connectivity index (χ2n) is 4.08. The van der Waals surface area contributed by atoms with Crippen molar-refractivity contribution in [1.29, 1.82) is 0 Å². The lowest BCUT2D eigenvalue weighted by molar-refractivity contribution is -0.122. The topological polar surface area (TPSA) is 64.3 Å². The second-order valence-corrected chi connectivity index (χ2v) is 4.08. The summed E-state index contributed by atoms with van der Waals surface area (Å²) in [4.78, 5) is 11.3. The standard InChI is InChI=1S/C12H16F2N2O2.ClH/c1-7(16-12(17)8(2)15)6-18-11-4-3-9(13)5-10(11)14;/h3-5,7-8H,6,15H2,1-2H3,(H,16,17);1H/t7?,8-;/m0./s1. The number of benzene rings is 1. The van der Waals surface area contributed by atoms with Crippen molar-refractivity contribution in [3.05, 3.63) is 29.8 Å². The van der Waals surface area contributed by atoms with Crippen LogP contribution in [0.2, 0.25) is 0 Å². The van der Waals surface area contributed by atoms with E-state index in [2.05, 4.69) is 5.32 Å². The summed E-state index contributed by atoms with van der Waals surface area (Å²) in [7, 11) is 0. The van der Waals surface area contributed by atoms with Crippen molar-refractivity contribution in [3.8, 4) is 5.75 Å². The minimum Gasteiger partial charge on any atom is -0.488 e. The molecule has 0 fully saturated rings. The lowest BCUT2D eigenvalue weighted by Crippen LogP contribution is -2.44. The molecule has 1 rings (SSSR count). The highest BCUT2D eigenvalue weighted by atomic mass is 35.5. The van der Waals surface area contributed by atoms with Crippen LogP contribution in [0, 0.1) is 11.6 Å². The Morgan fingerprint density at radius 1 is 1.42 bits per heavy atom. The van der Waals surface area contributed by atoms with Crippen LogP contribution in [-0.4, -0.2) is 24.6 Å². The van der Waals surface area contributed by atoms with Gasteiger partial charge < -0.3 is 15.8 Å². The maximum absolute atomic E-state index is 13.2. The van der Waals surface area contributed by atoms with Crippen LogP contribution in [-0.2, 0) is 4.79 Å². The lowest BCUT2D eigenvalue weighted by atomic mass is 10.3. The van der Waals surface area contributed by atoms with Crippen LogP contribution in [0.1, 0.15) is 13.8 Å². The van der Waals surface area contributed by atoms with Crippen molar-refractivity contribution in [2.24, 2.45) is 5.73 Å². The fraction of sp³-hybridized carbons (Fsp3) is 0.417. The molecule has 0 saturated heterocycles. The fourth-order valence-corrected chi connectivity index (χ4v) is 1.22. The molecule has 7 heteroatoms. The first-order valence-corrected chi connectivity index (χ1v) is 5.54. The Morgan fingerprint density at radius 2 is 2.05 bits per heavy atom. The normalized spacial score (nSPS) is 13.1. The minimum absolute atomic E-state index is 0. The van der Waals surface area contributed by atoms with Gasteiger partial charge in [-0.3, -0.25) is 4.79 Å². The van der Waals surface area contributed by atoms with Gasteiger partial charge in [-0.25, -0.2) is 8.78 Å². The Hall–Kier alpha value is -1.40. The van der Waals surface area contributed by atoms with E-state index in [0.29, 0.717) is 0 Å². The molecule has 2 atom stereocenters. The van der Waals surface area contributed by atoms with E-state index in [-0.39, 0.29) is 36.7 Å². The number of carbonyl (C=O) groups excluding carboxylic acids is 1. The van der Waals surface area contributed by atoms with Crippen molar-refractivity contribution in [2.75, 3.05) is 6.61 Å². The Morgan fingerprint density at radius 3 is 2.58 bits per heavy atom. The highest BCUT2D eigenvalue weighted by Gasteiger charge is 2.12. The number of hydrogen-bond acceptors (Lipinski definition) is 3. The van der Waals surface area contributed by atoms with Crippen molar-refractivity contribution in [3.63, 3.8) is 0 Å². The second kappa shape index (κ2) is 7.91. The lowest BCUT2D eigenvalue weighted by Gasteiger charge is -2.16. The van der Waals surface area contributed by atoms with E-state index in [0.717, 1.165) is 12.1 Å². The highest BCUT2D eigenvalue weighted by Crippen LogP contribution is 2.17. The third-order valence-electron chi connectivity index (χ3n) is 2.18. The molecule has 19 heavy (non-hydrogen) atoms. The van der Waals surface area contributed by atoms with Crippen LogP contribution in [0.3, 0.4) is 0 Å². The smallest absolute Gasteiger partial charge is 0.236 e. The first-order valence-electron chi connectivity index (χ1n) is 5.54. The van der Waals surface area contributed by atoms with Gasteiger partial charge >= 0.3 is 0 Å². The van der Waals surface area contributed by atoms with Crippen molar-refractivity contribution >= 4 is 18.3 Å². The average Bonchev–Trinajstić information content (AvgIpc) is 2.27. The number of hydrogen-bond donors (Lipinski definition) is 2. The third-order valence-corrected chi connectivity index (χ3v) is 2.18. The Bertz CT molecular complexity index is 430. The average molecular weight is 295 g/mol. The molecule has 1 aromatic rings. The molecule has 0 aromatic heterocycles. The summed E-state index contributed by atoms with van der Waals surface area (Å²) in [6.45, 7) is 3.32. The molecule has 0 bridgehead atoms. The molecular weight excluding hydrogens is 278 g/mol. The third kappa shape index (κ3) is 5.85. The van der Waals surface area contributed by atoms with Gasteiger partial charge in [-0.1, -0.05) is 0 Å². The zero-order chi connectivity index (χ0) is 13.7. The van der Waals surface area contributed by atoms with Crippen LogP contribution in [0.5, 0.6) is 5.75 Å². The molecule has 0 aliphatic heterocycles. The van der Waals surface area contributed by atoms with Crippen LogP contribution in [0.15, 0.2) is 18.2 Å². The summed E-state index contributed by atoms with van der Waals surface area (Å²) in [5.74, 6) is -1.82. The maximum Gasteiger partial charge on any atom is 0.236 e. The van der Waals surface area contributed by atoms with Gasteiger partial charge in [-0.15, -0.1) is 12.4 Å².